The predicted molar refractivity (Wildman–Crippen MR) is 87.9 cm³/mol. The highest BCUT2D eigenvalue weighted by Gasteiger charge is 2.40. The van der Waals surface area contributed by atoms with E-state index in [2.05, 4.69) is 14.5 Å². The van der Waals surface area contributed by atoms with Crippen LogP contribution in [0.4, 0.5) is 0 Å². The molecular weight excluding hydrogens is 292 g/mol. The molecule has 128 valence electrons. The summed E-state index contributed by atoms with van der Waals surface area (Å²) < 4.78 is 2.13. The summed E-state index contributed by atoms with van der Waals surface area (Å²) >= 11 is 0. The molecule has 6 heteroatoms. The number of piperidine rings is 2. The number of carbonyl (C=O) groups is 1. The Hall–Kier alpha value is -1.40. The Morgan fingerprint density at radius 2 is 2.00 bits per heavy atom. The van der Waals surface area contributed by atoms with Crippen molar-refractivity contribution in [2.24, 2.45) is 5.41 Å². The van der Waals surface area contributed by atoms with Crippen LogP contribution in [0.5, 0.6) is 0 Å². The zero-order valence-corrected chi connectivity index (χ0v) is 13.9. The highest BCUT2D eigenvalue weighted by molar-refractivity contribution is 5.77. The zero-order valence-electron chi connectivity index (χ0n) is 13.9. The molecule has 0 atom stereocenters. The SMILES string of the molecule is O=C1CCC2(CCN(CCn3ccnc3)CC2)CN1CCCO. The average molecular weight is 320 g/mol. The normalized spacial score (nSPS) is 22.0. The average Bonchev–Trinajstić information content (AvgIpc) is 3.09. The summed E-state index contributed by atoms with van der Waals surface area (Å²) in [4.78, 5) is 20.6. The molecule has 2 saturated heterocycles. The quantitative estimate of drug-likeness (QED) is 0.848. The standard InChI is InChI=1S/C17H28N4O2/c22-13-1-7-21-14-17(3-2-16(21)23)4-8-19(9-5-17)11-12-20-10-6-18-15-20/h6,10,15,22H,1-5,7-9,11-14H2. The van der Waals surface area contributed by atoms with E-state index in [0.29, 0.717) is 24.8 Å². The van der Waals surface area contributed by atoms with Gasteiger partial charge in [-0.15, -0.1) is 0 Å². The van der Waals surface area contributed by atoms with Crippen molar-refractivity contribution in [2.45, 2.75) is 38.6 Å². The molecule has 2 fully saturated rings. The van der Waals surface area contributed by atoms with E-state index in [9.17, 15) is 4.79 Å². The fourth-order valence-electron chi connectivity index (χ4n) is 3.90. The molecule has 1 aromatic heterocycles. The molecule has 0 aromatic carbocycles. The first-order valence-corrected chi connectivity index (χ1v) is 8.78. The molecule has 6 nitrogen and oxygen atoms in total. The third kappa shape index (κ3) is 4.12. The lowest BCUT2D eigenvalue weighted by Crippen LogP contribution is -2.52. The summed E-state index contributed by atoms with van der Waals surface area (Å²) in [7, 11) is 0. The largest absolute Gasteiger partial charge is 0.396 e. The Kier molecular flexibility index (Phi) is 5.33. The Bertz CT molecular complexity index is 495. The molecule has 2 aliphatic rings. The van der Waals surface area contributed by atoms with Crippen LogP contribution in [0, 0.1) is 5.41 Å². The second-order valence-corrected chi connectivity index (χ2v) is 7.03. The number of carbonyl (C=O) groups excluding carboxylic acids is 1. The molecule has 0 radical (unpaired) electrons. The van der Waals surface area contributed by atoms with Gasteiger partial charge in [0.1, 0.15) is 0 Å². The van der Waals surface area contributed by atoms with Gasteiger partial charge in [0.05, 0.1) is 6.33 Å². The van der Waals surface area contributed by atoms with Crippen molar-refractivity contribution in [1.29, 1.82) is 0 Å². The molecule has 1 N–H and O–H groups in total. The monoisotopic (exact) mass is 320 g/mol. The van der Waals surface area contributed by atoms with E-state index in [0.717, 1.165) is 39.1 Å². The predicted octanol–water partition coefficient (Wildman–Crippen LogP) is 0.970. The third-order valence-electron chi connectivity index (χ3n) is 5.48. The number of hydrogen-bond donors (Lipinski definition) is 1. The summed E-state index contributed by atoms with van der Waals surface area (Å²) in [5.74, 6) is 0.270. The minimum Gasteiger partial charge on any atom is -0.396 e. The van der Waals surface area contributed by atoms with Gasteiger partial charge in [-0.1, -0.05) is 0 Å². The molecule has 23 heavy (non-hydrogen) atoms. The first kappa shape index (κ1) is 16.5. The maximum atomic E-state index is 12.0. The molecule has 1 amide bonds. The fourth-order valence-corrected chi connectivity index (χ4v) is 3.90. The molecule has 1 spiro atoms. The van der Waals surface area contributed by atoms with Crippen molar-refractivity contribution in [3.8, 4) is 0 Å². The van der Waals surface area contributed by atoms with Crippen LogP contribution < -0.4 is 0 Å². The first-order chi connectivity index (χ1) is 11.2. The first-order valence-electron chi connectivity index (χ1n) is 8.78. The van der Waals surface area contributed by atoms with Gasteiger partial charge in [0.15, 0.2) is 0 Å². The number of aliphatic hydroxyl groups excluding tert-OH is 1. The van der Waals surface area contributed by atoms with Gasteiger partial charge in [-0.2, -0.15) is 0 Å². The van der Waals surface area contributed by atoms with Crippen molar-refractivity contribution in [3.05, 3.63) is 18.7 Å². The van der Waals surface area contributed by atoms with E-state index >= 15 is 0 Å². The lowest BCUT2D eigenvalue weighted by molar-refractivity contribution is -0.139. The Morgan fingerprint density at radius 1 is 1.17 bits per heavy atom. The van der Waals surface area contributed by atoms with Crippen molar-refractivity contribution < 1.29 is 9.90 Å². The van der Waals surface area contributed by atoms with Gasteiger partial charge in [-0.05, 0) is 44.2 Å². The van der Waals surface area contributed by atoms with Gasteiger partial charge in [-0.25, -0.2) is 4.98 Å². The van der Waals surface area contributed by atoms with Crippen LogP contribution in [-0.2, 0) is 11.3 Å². The van der Waals surface area contributed by atoms with E-state index in [4.69, 9.17) is 5.11 Å². The molecule has 2 aliphatic heterocycles. The summed E-state index contributed by atoms with van der Waals surface area (Å²) in [5.41, 5.74) is 0.314. The second-order valence-electron chi connectivity index (χ2n) is 7.03. The van der Waals surface area contributed by atoms with Crippen molar-refractivity contribution in [3.63, 3.8) is 0 Å². The van der Waals surface area contributed by atoms with Crippen LogP contribution >= 0.6 is 0 Å². The summed E-state index contributed by atoms with van der Waals surface area (Å²) in [5, 5.41) is 9.01. The molecule has 0 saturated carbocycles. The molecule has 1 aromatic rings. The summed E-state index contributed by atoms with van der Waals surface area (Å²) in [6.07, 6.45) is 10.5. The lowest BCUT2D eigenvalue weighted by atomic mass is 9.72. The Morgan fingerprint density at radius 3 is 2.70 bits per heavy atom. The van der Waals surface area contributed by atoms with E-state index < -0.39 is 0 Å². The summed E-state index contributed by atoms with van der Waals surface area (Å²) in [6, 6.07) is 0. The molecule has 3 rings (SSSR count). The Labute approximate surface area is 138 Å². The smallest absolute Gasteiger partial charge is 0.222 e. The number of amides is 1. The van der Waals surface area contributed by atoms with Gasteiger partial charge in [0.2, 0.25) is 5.91 Å². The van der Waals surface area contributed by atoms with Gasteiger partial charge >= 0.3 is 0 Å². The zero-order chi connectivity index (χ0) is 16.1. The van der Waals surface area contributed by atoms with E-state index in [-0.39, 0.29) is 12.5 Å². The minimum absolute atomic E-state index is 0.165. The molecule has 0 bridgehead atoms. The molecular formula is C17H28N4O2. The number of aromatic nitrogens is 2. The number of imidazole rings is 1. The lowest BCUT2D eigenvalue weighted by Gasteiger charge is -2.47. The van der Waals surface area contributed by atoms with Gasteiger partial charge in [0, 0.05) is 51.6 Å². The molecule has 0 aliphatic carbocycles. The fraction of sp³-hybridized carbons (Fsp3) is 0.765. The number of likely N-dealkylation sites (tertiary alicyclic amines) is 2. The van der Waals surface area contributed by atoms with Gasteiger partial charge in [0.25, 0.3) is 0 Å². The van der Waals surface area contributed by atoms with Crippen LogP contribution in [0.15, 0.2) is 18.7 Å². The van der Waals surface area contributed by atoms with Crippen LogP contribution in [0.3, 0.4) is 0 Å². The maximum Gasteiger partial charge on any atom is 0.222 e. The highest BCUT2D eigenvalue weighted by atomic mass is 16.3. The molecule has 3 heterocycles. The second kappa shape index (κ2) is 7.45. The third-order valence-corrected chi connectivity index (χ3v) is 5.48. The summed E-state index contributed by atoms with van der Waals surface area (Å²) in [6.45, 7) is 6.07. The van der Waals surface area contributed by atoms with E-state index in [1.807, 2.05) is 23.6 Å². The van der Waals surface area contributed by atoms with Crippen LogP contribution in [0.1, 0.15) is 32.1 Å². The van der Waals surface area contributed by atoms with Crippen molar-refractivity contribution in [2.75, 3.05) is 39.3 Å². The van der Waals surface area contributed by atoms with Crippen molar-refractivity contribution in [1.82, 2.24) is 19.4 Å². The number of rotatable bonds is 6. The van der Waals surface area contributed by atoms with Gasteiger partial charge < -0.3 is 19.5 Å². The topological polar surface area (TPSA) is 61.6 Å². The molecule has 0 unspecified atom stereocenters. The maximum absolute atomic E-state index is 12.0. The van der Waals surface area contributed by atoms with Gasteiger partial charge in [-0.3, -0.25) is 4.79 Å². The van der Waals surface area contributed by atoms with E-state index in [1.54, 1.807) is 0 Å². The van der Waals surface area contributed by atoms with Crippen LogP contribution in [0.2, 0.25) is 0 Å². The van der Waals surface area contributed by atoms with Crippen LogP contribution in [0.25, 0.3) is 0 Å². The Balaban J connectivity index is 1.48. The highest BCUT2D eigenvalue weighted by Crippen LogP contribution is 2.40. The minimum atomic E-state index is 0.165. The van der Waals surface area contributed by atoms with Crippen LogP contribution in [-0.4, -0.2) is 69.7 Å². The number of hydrogen-bond acceptors (Lipinski definition) is 4. The number of aliphatic hydroxyl groups is 1. The van der Waals surface area contributed by atoms with E-state index in [1.165, 1.54) is 12.8 Å². The van der Waals surface area contributed by atoms with Crippen molar-refractivity contribution >= 4 is 5.91 Å². The number of nitrogens with zero attached hydrogens (tertiary/aromatic N) is 4.